The number of benzene rings is 1. The fourth-order valence-corrected chi connectivity index (χ4v) is 1.77. The highest BCUT2D eigenvalue weighted by atomic mass is 79.9. The summed E-state index contributed by atoms with van der Waals surface area (Å²) in [6.07, 6.45) is -0.170. The number of halogens is 2. The third-order valence-electron chi connectivity index (χ3n) is 2.36. The lowest BCUT2D eigenvalue weighted by Gasteiger charge is -2.16. The zero-order valence-electron chi connectivity index (χ0n) is 7.99. The third kappa shape index (κ3) is 2.30. The summed E-state index contributed by atoms with van der Waals surface area (Å²) in [6, 6.07) is 4.93. The number of anilines is 1. The number of hydrogen-bond donors (Lipinski definition) is 1. The molecule has 15 heavy (non-hydrogen) atoms. The maximum Gasteiger partial charge on any atom is 0.139 e. The quantitative estimate of drug-likeness (QED) is 0.893. The number of aliphatic hydroxyl groups is 1. The van der Waals surface area contributed by atoms with Crippen molar-refractivity contribution in [2.45, 2.75) is 6.10 Å². The molecule has 5 heteroatoms. The van der Waals surface area contributed by atoms with Crippen LogP contribution in [0, 0.1) is 5.82 Å². The average Bonchev–Trinajstić information content (AvgIpc) is 2.70. The SMILES string of the molecule is OC[C@H]1CN(c2ccc(Br)c(F)c2)CO1. The molecule has 1 saturated heterocycles. The molecule has 1 N–H and O–H groups in total. The van der Waals surface area contributed by atoms with Gasteiger partial charge in [0.2, 0.25) is 0 Å². The second-order valence-electron chi connectivity index (χ2n) is 3.42. The average molecular weight is 276 g/mol. The second kappa shape index (κ2) is 4.47. The monoisotopic (exact) mass is 275 g/mol. The van der Waals surface area contributed by atoms with Gasteiger partial charge in [-0.3, -0.25) is 0 Å². The minimum atomic E-state index is -0.292. The standard InChI is InChI=1S/C10H11BrFNO2/c11-9-2-1-7(3-10(9)12)13-4-8(5-14)15-6-13/h1-3,8,14H,4-6H2/t8-/m1/s1. The Morgan fingerprint density at radius 3 is 3.00 bits per heavy atom. The molecule has 0 amide bonds. The van der Waals surface area contributed by atoms with Crippen LogP contribution in [0.15, 0.2) is 22.7 Å². The Balaban J connectivity index is 2.13. The van der Waals surface area contributed by atoms with E-state index in [9.17, 15) is 4.39 Å². The van der Waals surface area contributed by atoms with Crippen LogP contribution in [0.3, 0.4) is 0 Å². The van der Waals surface area contributed by atoms with E-state index in [0.29, 0.717) is 17.7 Å². The molecular weight excluding hydrogens is 265 g/mol. The lowest BCUT2D eigenvalue weighted by atomic mass is 10.2. The van der Waals surface area contributed by atoms with E-state index in [4.69, 9.17) is 9.84 Å². The molecule has 1 aromatic rings. The predicted octanol–water partition coefficient (Wildman–Crippen LogP) is 1.74. The van der Waals surface area contributed by atoms with Gasteiger partial charge in [0.05, 0.1) is 11.1 Å². The largest absolute Gasteiger partial charge is 0.394 e. The van der Waals surface area contributed by atoms with E-state index < -0.39 is 0 Å². The second-order valence-corrected chi connectivity index (χ2v) is 4.28. The van der Waals surface area contributed by atoms with Gasteiger partial charge in [0.25, 0.3) is 0 Å². The normalized spacial score (nSPS) is 21.0. The van der Waals surface area contributed by atoms with Crippen LogP contribution >= 0.6 is 15.9 Å². The van der Waals surface area contributed by atoms with Gasteiger partial charge in [-0.1, -0.05) is 0 Å². The van der Waals surface area contributed by atoms with Crippen LogP contribution in [-0.4, -0.2) is 31.1 Å². The first kappa shape index (κ1) is 10.9. The first-order valence-electron chi connectivity index (χ1n) is 4.63. The van der Waals surface area contributed by atoms with Crippen molar-refractivity contribution in [2.75, 3.05) is 24.8 Å². The van der Waals surface area contributed by atoms with Crippen molar-refractivity contribution in [1.82, 2.24) is 0 Å². The van der Waals surface area contributed by atoms with Gasteiger partial charge < -0.3 is 14.7 Å². The summed E-state index contributed by atoms with van der Waals surface area (Å²) in [5, 5.41) is 8.90. The zero-order chi connectivity index (χ0) is 10.8. The van der Waals surface area contributed by atoms with Crippen molar-refractivity contribution >= 4 is 21.6 Å². The molecule has 1 aromatic carbocycles. The Hall–Kier alpha value is -0.650. The van der Waals surface area contributed by atoms with Gasteiger partial charge >= 0.3 is 0 Å². The van der Waals surface area contributed by atoms with Crippen molar-refractivity contribution in [3.8, 4) is 0 Å². The number of hydrogen-bond acceptors (Lipinski definition) is 3. The van der Waals surface area contributed by atoms with Crippen molar-refractivity contribution in [1.29, 1.82) is 0 Å². The summed E-state index contributed by atoms with van der Waals surface area (Å²) < 4.78 is 19.0. The van der Waals surface area contributed by atoms with Crippen LogP contribution in [0.25, 0.3) is 0 Å². The fraction of sp³-hybridized carbons (Fsp3) is 0.400. The summed E-state index contributed by atoms with van der Waals surface area (Å²) in [6.45, 7) is 0.985. The van der Waals surface area contributed by atoms with Gasteiger partial charge in [-0.15, -0.1) is 0 Å². The highest BCUT2D eigenvalue weighted by Gasteiger charge is 2.22. The Kier molecular flexibility index (Phi) is 3.23. The molecule has 1 aliphatic rings. The first-order chi connectivity index (χ1) is 7.20. The van der Waals surface area contributed by atoms with E-state index in [1.165, 1.54) is 6.07 Å². The fourth-order valence-electron chi connectivity index (χ4n) is 1.52. The van der Waals surface area contributed by atoms with E-state index in [1.807, 2.05) is 11.0 Å². The molecule has 1 aliphatic heterocycles. The molecule has 0 spiro atoms. The number of ether oxygens (including phenoxy) is 1. The summed E-state index contributed by atoms with van der Waals surface area (Å²) >= 11 is 3.10. The Morgan fingerprint density at radius 1 is 1.60 bits per heavy atom. The molecule has 0 bridgehead atoms. The van der Waals surface area contributed by atoms with Crippen molar-refractivity contribution in [3.63, 3.8) is 0 Å². The highest BCUT2D eigenvalue weighted by molar-refractivity contribution is 9.10. The molecule has 1 fully saturated rings. The van der Waals surface area contributed by atoms with Crippen LogP contribution in [0.1, 0.15) is 0 Å². The predicted molar refractivity (Wildman–Crippen MR) is 58.3 cm³/mol. The van der Waals surface area contributed by atoms with Gasteiger partial charge in [0, 0.05) is 12.2 Å². The van der Waals surface area contributed by atoms with Gasteiger partial charge in [-0.2, -0.15) is 0 Å². The Labute approximate surface area is 95.6 Å². The van der Waals surface area contributed by atoms with E-state index >= 15 is 0 Å². The maximum atomic E-state index is 13.2. The van der Waals surface area contributed by atoms with E-state index in [-0.39, 0.29) is 18.5 Å². The Morgan fingerprint density at radius 2 is 2.40 bits per heavy atom. The molecule has 3 nitrogen and oxygen atoms in total. The first-order valence-corrected chi connectivity index (χ1v) is 5.42. The van der Waals surface area contributed by atoms with Crippen molar-refractivity contribution in [3.05, 3.63) is 28.5 Å². The molecule has 1 heterocycles. The van der Waals surface area contributed by atoms with Crippen LogP contribution in [0.2, 0.25) is 0 Å². The number of nitrogens with zero attached hydrogens (tertiary/aromatic N) is 1. The maximum absolute atomic E-state index is 13.2. The Bertz CT molecular complexity index is 361. The third-order valence-corrected chi connectivity index (χ3v) is 3.01. The minimum Gasteiger partial charge on any atom is -0.394 e. The molecule has 0 saturated carbocycles. The summed E-state index contributed by atoms with van der Waals surface area (Å²) in [7, 11) is 0. The van der Waals surface area contributed by atoms with Gasteiger partial charge in [0.1, 0.15) is 18.7 Å². The van der Waals surface area contributed by atoms with E-state index in [2.05, 4.69) is 15.9 Å². The number of rotatable bonds is 2. The van der Waals surface area contributed by atoms with Gasteiger partial charge in [-0.25, -0.2) is 4.39 Å². The van der Waals surface area contributed by atoms with Crippen molar-refractivity contribution < 1.29 is 14.2 Å². The van der Waals surface area contributed by atoms with Crippen molar-refractivity contribution in [2.24, 2.45) is 0 Å². The molecule has 0 aliphatic carbocycles. The molecule has 1 atom stereocenters. The minimum absolute atomic E-state index is 0.00445. The zero-order valence-corrected chi connectivity index (χ0v) is 9.58. The highest BCUT2D eigenvalue weighted by Crippen LogP contribution is 2.24. The molecule has 0 aromatic heterocycles. The van der Waals surface area contributed by atoms with E-state index in [0.717, 1.165) is 5.69 Å². The molecule has 0 radical (unpaired) electrons. The molecular formula is C10H11BrFNO2. The smallest absolute Gasteiger partial charge is 0.139 e. The van der Waals surface area contributed by atoms with Crippen LogP contribution in [0.4, 0.5) is 10.1 Å². The van der Waals surface area contributed by atoms with Gasteiger partial charge in [0.15, 0.2) is 0 Å². The van der Waals surface area contributed by atoms with Crippen LogP contribution in [0.5, 0.6) is 0 Å². The molecule has 0 unspecified atom stereocenters. The lowest BCUT2D eigenvalue weighted by molar-refractivity contribution is 0.0645. The topological polar surface area (TPSA) is 32.7 Å². The van der Waals surface area contributed by atoms with Gasteiger partial charge in [-0.05, 0) is 34.1 Å². The summed E-state index contributed by atoms with van der Waals surface area (Å²) in [5.74, 6) is -0.292. The van der Waals surface area contributed by atoms with Crippen LogP contribution in [-0.2, 0) is 4.74 Å². The summed E-state index contributed by atoms with van der Waals surface area (Å²) in [4.78, 5) is 1.89. The molecule has 2 rings (SSSR count). The molecule has 82 valence electrons. The number of aliphatic hydroxyl groups excluding tert-OH is 1. The summed E-state index contributed by atoms with van der Waals surface area (Å²) in [5.41, 5.74) is 0.770. The lowest BCUT2D eigenvalue weighted by Crippen LogP contribution is -2.23. The van der Waals surface area contributed by atoms with Crippen LogP contribution < -0.4 is 4.90 Å². The van der Waals surface area contributed by atoms with E-state index in [1.54, 1.807) is 6.07 Å².